The van der Waals surface area contributed by atoms with Crippen LogP contribution < -0.4 is 15.6 Å². The van der Waals surface area contributed by atoms with Crippen molar-refractivity contribution in [1.29, 1.82) is 0 Å². The van der Waals surface area contributed by atoms with Crippen LogP contribution in [-0.4, -0.2) is 17.9 Å². The first kappa shape index (κ1) is 19.0. The number of anilines is 1. The zero-order valence-corrected chi connectivity index (χ0v) is 13.5. The minimum Gasteiger partial charge on any atom is -0.497 e. The van der Waals surface area contributed by atoms with E-state index in [-0.39, 0.29) is 12.1 Å². The van der Waals surface area contributed by atoms with E-state index in [0.717, 1.165) is 6.07 Å². The minimum absolute atomic E-state index is 0.0569. The third-order valence-electron chi connectivity index (χ3n) is 3.36. The number of hydrogen-bond acceptors (Lipinski definition) is 5. The van der Waals surface area contributed by atoms with Crippen molar-refractivity contribution >= 4 is 17.3 Å². The number of nitro groups is 1. The number of nitro benzene ring substituents is 1. The molecule has 10 heteroatoms. The lowest BCUT2D eigenvalue weighted by Crippen LogP contribution is -2.31. The highest BCUT2D eigenvalue weighted by atomic mass is 19.4. The second-order valence-electron chi connectivity index (χ2n) is 5.19. The number of alkyl halides is 3. The number of methoxy groups -OCH3 is 1. The van der Waals surface area contributed by atoms with E-state index in [4.69, 9.17) is 4.74 Å². The molecule has 1 amide bonds. The van der Waals surface area contributed by atoms with Crippen LogP contribution in [0.15, 0.2) is 42.5 Å². The van der Waals surface area contributed by atoms with Gasteiger partial charge in [-0.05, 0) is 29.8 Å². The molecule has 0 aromatic heterocycles. The Bertz CT molecular complexity index is 825. The van der Waals surface area contributed by atoms with E-state index in [1.165, 1.54) is 7.11 Å². The highest BCUT2D eigenvalue weighted by molar-refractivity contribution is 5.80. The number of benzene rings is 2. The highest BCUT2D eigenvalue weighted by Crippen LogP contribution is 2.34. The van der Waals surface area contributed by atoms with E-state index >= 15 is 0 Å². The second-order valence-corrected chi connectivity index (χ2v) is 5.19. The largest absolute Gasteiger partial charge is 0.497 e. The van der Waals surface area contributed by atoms with Crippen LogP contribution in [0.25, 0.3) is 0 Å². The Balaban J connectivity index is 2.08. The number of halogens is 3. The Labute approximate surface area is 145 Å². The number of carbonyl (C=O) groups excluding carboxylic acids is 1. The fourth-order valence-electron chi connectivity index (χ4n) is 2.11. The maximum Gasteiger partial charge on any atom is 0.416 e. The summed E-state index contributed by atoms with van der Waals surface area (Å²) < 4.78 is 43.0. The van der Waals surface area contributed by atoms with Gasteiger partial charge < -0.3 is 4.74 Å². The third-order valence-corrected chi connectivity index (χ3v) is 3.36. The van der Waals surface area contributed by atoms with Crippen LogP contribution in [0, 0.1) is 10.1 Å². The van der Waals surface area contributed by atoms with E-state index < -0.39 is 28.3 Å². The van der Waals surface area contributed by atoms with Crippen molar-refractivity contribution in [3.63, 3.8) is 0 Å². The molecule has 0 radical (unpaired) electrons. The predicted molar refractivity (Wildman–Crippen MR) is 86.6 cm³/mol. The summed E-state index contributed by atoms with van der Waals surface area (Å²) in [6.45, 7) is 0. The maximum absolute atomic E-state index is 12.7. The number of ether oxygens (including phenoxy) is 1. The molecule has 7 nitrogen and oxygen atoms in total. The van der Waals surface area contributed by atoms with Gasteiger partial charge in [0.15, 0.2) is 0 Å². The van der Waals surface area contributed by atoms with Crippen molar-refractivity contribution in [1.82, 2.24) is 5.43 Å². The summed E-state index contributed by atoms with van der Waals surface area (Å²) in [5.74, 6) is 0.0223. The van der Waals surface area contributed by atoms with Gasteiger partial charge in [0.2, 0.25) is 5.91 Å². The molecule has 0 spiro atoms. The molecule has 0 heterocycles. The molecule has 0 bridgehead atoms. The van der Waals surface area contributed by atoms with Crippen LogP contribution in [-0.2, 0) is 17.4 Å². The van der Waals surface area contributed by atoms with Crippen molar-refractivity contribution in [2.45, 2.75) is 12.6 Å². The number of amides is 1. The lowest BCUT2D eigenvalue weighted by atomic mass is 10.1. The van der Waals surface area contributed by atoms with Gasteiger partial charge in [0.25, 0.3) is 5.69 Å². The quantitative estimate of drug-likeness (QED) is 0.602. The van der Waals surface area contributed by atoms with E-state index in [1.807, 2.05) is 0 Å². The first-order chi connectivity index (χ1) is 12.2. The molecule has 2 aromatic rings. The van der Waals surface area contributed by atoms with E-state index in [9.17, 15) is 28.1 Å². The molecule has 0 aliphatic carbocycles. The van der Waals surface area contributed by atoms with Crippen molar-refractivity contribution < 1.29 is 27.6 Å². The van der Waals surface area contributed by atoms with E-state index in [2.05, 4.69) is 10.9 Å². The molecule has 138 valence electrons. The molecule has 0 aliphatic rings. The monoisotopic (exact) mass is 369 g/mol. The van der Waals surface area contributed by atoms with Crippen LogP contribution in [0.5, 0.6) is 5.75 Å². The summed E-state index contributed by atoms with van der Waals surface area (Å²) in [5.41, 5.74) is 2.91. The summed E-state index contributed by atoms with van der Waals surface area (Å²) in [6.07, 6.45) is -4.77. The normalized spacial score (nSPS) is 10.9. The SMILES string of the molecule is COc1cccc(CC(=O)NNc2ccc(C(F)(F)F)cc2[N+](=O)[O-])c1. The Kier molecular flexibility index (Phi) is 5.65. The molecular formula is C16H14F3N3O4. The lowest BCUT2D eigenvalue weighted by molar-refractivity contribution is -0.384. The number of hydrogen-bond donors (Lipinski definition) is 2. The van der Waals surface area contributed by atoms with E-state index in [0.29, 0.717) is 23.4 Å². The van der Waals surface area contributed by atoms with Crippen LogP contribution >= 0.6 is 0 Å². The van der Waals surface area contributed by atoms with Crippen molar-refractivity contribution in [3.8, 4) is 5.75 Å². The molecule has 0 atom stereocenters. The minimum atomic E-state index is -4.71. The fraction of sp³-hybridized carbons (Fsp3) is 0.188. The standard InChI is InChI=1S/C16H14F3N3O4/c1-26-12-4-2-3-10(7-12)8-15(23)21-20-13-6-5-11(16(17,18)19)9-14(13)22(24)25/h2-7,9,20H,8H2,1H3,(H,21,23). The number of nitrogens with one attached hydrogen (secondary N) is 2. The Morgan fingerprint density at radius 2 is 1.96 bits per heavy atom. The first-order valence-electron chi connectivity index (χ1n) is 7.24. The molecule has 2 N–H and O–H groups in total. The summed E-state index contributed by atoms with van der Waals surface area (Å²) in [4.78, 5) is 21.9. The van der Waals surface area contributed by atoms with Crippen molar-refractivity contribution in [2.24, 2.45) is 0 Å². The molecule has 2 rings (SSSR count). The molecule has 0 saturated carbocycles. The summed E-state index contributed by atoms with van der Waals surface area (Å²) in [7, 11) is 1.48. The Morgan fingerprint density at radius 3 is 2.58 bits per heavy atom. The fourth-order valence-corrected chi connectivity index (χ4v) is 2.11. The summed E-state index contributed by atoms with van der Waals surface area (Å²) in [6, 6.07) is 8.68. The number of hydrazine groups is 1. The van der Waals surface area contributed by atoms with Gasteiger partial charge in [-0.3, -0.25) is 25.8 Å². The van der Waals surface area contributed by atoms with Gasteiger partial charge in [0.1, 0.15) is 11.4 Å². The van der Waals surface area contributed by atoms with Gasteiger partial charge in [0.05, 0.1) is 24.0 Å². The molecule has 0 unspecified atom stereocenters. The smallest absolute Gasteiger partial charge is 0.416 e. The number of nitrogens with zero attached hydrogens (tertiary/aromatic N) is 1. The predicted octanol–water partition coefficient (Wildman–Crippen LogP) is 3.31. The average Bonchev–Trinajstić information content (AvgIpc) is 2.59. The molecular weight excluding hydrogens is 355 g/mol. The first-order valence-corrected chi connectivity index (χ1v) is 7.24. The van der Waals surface area contributed by atoms with Gasteiger partial charge in [-0.2, -0.15) is 13.2 Å². The van der Waals surface area contributed by atoms with Gasteiger partial charge in [-0.25, -0.2) is 0 Å². The van der Waals surface area contributed by atoms with Crippen molar-refractivity contribution in [3.05, 3.63) is 63.7 Å². The summed E-state index contributed by atoms with van der Waals surface area (Å²) >= 11 is 0. The number of carbonyl (C=O) groups is 1. The van der Waals surface area contributed by atoms with Gasteiger partial charge in [0, 0.05) is 6.07 Å². The lowest BCUT2D eigenvalue weighted by Gasteiger charge is -2.11. The molecule has 26 heavy (non-hydrogen) atoms. The maximum atomic E-state index is 12.7. The van der Waals surface area contributed by atoms with Crippen LogP contribution in [0.3, 0.4) is 0 Å². The highest BCUT2D eigenvalue weighted by Gasteiger charge is 2.33. The number of rotatable bonds is 6. The second kappa shape index (κ2) is 7.72. The zero-order valence-electron chi connectivity index (χ0n) is 13.5. The summed E-state index contributed by atoms with van der Waals surface area (Å²) in [5, 5.41) is 11.0. The van der Waals surface area contributed by atoms with Gasteiger partial charge in [-0.1, -0.05) is 12.1 Å². The average molecular weight is 369 g/mol. The molecule has 0 fully saturated rings. The van der Waals surface area contributed by atoms with Gasteiger partial charge >= 0.3 is 6.18 Å². The van der Waals surface area contributed by atoms with E-state index in [1.54, 1.807) is 24.3 Å². The Hall–Kier alpha value is -3.30. The topological polar surface area (TPSA) is 93.5 Å². The van der Waals surface area contributed by atoms with Crippen LogP contribution in [0.1, 0.15) is 11.1 Å². The van der Waals surface area contributed by atoms with Crippen LogP contribution in [0.2, 0.25) is 0 Å². The van der Waals surface area contributed by atoms with Gasteiger partial charge in [-0.15, -0.1) is 0 Å². The molecule has 0 aliphatic heterocycles. The van der Waals surface area contributed by atoms with Crippen molar-refractivity contribution in [2.75, 3.05) is 12.5 Å². The third kappa shape index (κ3) is 4.85. The molecule has 0 saturated heterocycles. The van der Waals surface area contributed by atoms with Crippen LogP contribution in [0.4, 0.5) is 24.5 Å². The Morgan fingerprint density at radius 1 is 1.23 bits per heavy atom. The zero-order chi connectivity index (χ0) is 19.3. The molecule has 2 aromatic carbocycles.